The van der Waals surface area contributed by atoms with E-state index >= 15 is 0 Å². The minimum atomic E-state index is -1.21. The Morgan fingerprint density at radius 2 is 2.09 bits per heavy atom. The Bertz CT molecular complexity index is 891. The molecule has 8 heteroatoms. The summed E-state index contributed by atoms with van der Waals surface area (Å²) in [6, 6.07) is -0.0956. The Morgan fingerprint density at radius 1 is 1.43 bits per heavy atom. The number of nitrogens with zero attached hydrogens (tertiary/aromatic N) is 1. The third-order valence-electron chi connectivity index (χ3n) is 3.77. The number of pyridine rings is 1. The Hall–Kier alpha value is -2.15. The molecule has 5 nitrogen and oxygen atoms in total. The fourth-order valence-electron chi connectivity index (χ4n) is 2.53. The number of halogens is 3. The zero-order valence-electron chi connectivity index (χ0n) is 12.2. The van der Waals surface area contributed by atoms with E-state index in [1.807, 2.05) is 0 Å². The Kier molecular flexibility index (Phi) is 3.75. The topological polar surface area (TPSA) is 74.3 Å². The minimum Gasteiger partial charge on any atom is -0.462 e. The van der Waals surface area contributed by atoms with Crippen LogP contribution in [0.1, 0.15) is 36.2 Å². The molecule has 1 fully saturated rings. The Labute approximate surface area is 134 Å². The van der Waals surface area contributed by atoms with Gasteiger partial charge in [-0.1, -0.05) is 11.6 Å². The standard InChI is InChI=1S/C15H13ClF2N2O3/c1-2-23-15(22)7-5-20(6-3-4-6)13-8(14(7)21)12(19)10(17)9(16)11(13)18/h5-6H,2-4,19H2,1H3. The Morgan fingerprint density at radius 3 is 2.65 bits per heavy atom. The van der Waals surface area contributed by atoms with Gasteiger partial charge in [0.2, 0.25) is 5.43 Å². The molecule has 0 bridgehead atoms. The highest BCUT2D eigenvalue weighted by Gasteiger charge is 2.31. The van der Waals surface area contributed by atoms with Crippen LogP contribution in [0, 0.1) is 11.6 Å². The largest absolute Gasteiger partial charge is 0.462 e. The first-order valence-electron chi connectivity index (χ1n) is 7.06. The lowest BCUT2D eigenvalue weighted by Gasteiger charge is -2.15. The predicted molar refractivity (Wildman–Crippen MR) is 81.8 cm³/mol. The maximum absolute atomic E-state index is 14.4. The Balaban J connectivity index is 2.46. The van der Waals surface area contributed by atoms with Crippen LogP contribution in [0.15, 0.2) is 11.0 Å². The van der Waals surface area contributed by atoms with Crippen molar-refractivity contribution in [1.82, 2.24) is 4.57 Å². The number of carbonyl (C=O) groups excluding carboxylic acids is 1. The predicted octanol–water partition coefficient (Wildman–Crippen LogP) is 3.03. The first kappa shape index (κ1) is 15.7. The normalized spacial score (nSPS) is 14.3. The lowest BCUT2D eigenvalue weighted by atomic mass is 10.1. The second-order valence-electron chi connectivity index (χ2n) is 5.31. The van der Waals surface area contributed by atoms with E-state index in [4.69, 9.17) is 22.1 Å². The molecule has 1 aliphatic rings. The second-order valence-corrected chi connectivity index (χ2v) is 5.69. The molecular formula is C15H13ClF2N2O3. The van der Waals surface area contributed by atoms with Gasteiger partial charge in [-0.25, -0.2) is 13.6 Å². The molecule has 0 unspecified atom stereocenters. The van der Waals surface area contributed by atoms with Gasteiger partial charge in [-0.2, -0.15) is 0 Å². The maximum atomic E-state index is 14.4. The molecule has 122 valence electrons. The van der Waals surface area contributed by atoms with Gasteiger partial charge in [-0.15, -0.1) is 0 Å². The van der Waals surface area contributed by atoms with Gasteiger partial charge < -0.3 is 15.0 Å². The van der Waals surface area contributed by atoms with Crippen LogP contribution in [0.5, 0.6) is 0 Å². The summed E-state index contributed by atoms with van der Waals surface area (Å²) in [7, 11) is 0. The number of benzene rings is 1. The van der Waals surface area contributed by atoms with E-state index in [1.54, 1.807) is 6.92 Å². The van der Waals surface area contributed by atoms with Crippen molar-refractivity contribution in [3.05, 3.63) is 38.6 Å². The molecule has 1 aromatic carbocycles. The van der Waals surface area contributed by atoms with Crippen LogP contribution in [0.3, 0.4) is 0 Å². The molecule has 0 radical (unpaired) electrons. The smallest absolute Gasteiger partial charge is 0.343 e. The van der Waals surface area contributed by atoms with E-state index in [1.165, 1.54) is 10.8 Å². The fraction of sp³-hybridized carbons (Fsp3) is 0.333. The number of rotatable bonds is 3. The van der Waals surface area contributed by atoms with E-state index in [-0.39, 0.29) is 29.1 Å². The molecule has 2 aromatic rings. The fourth-order valence-corrected chi connectivity index (χ4v) is 2.72. The molecule has 0 atom stereocenters. The summed E-state index contributed by atoms with van der Waals surface area (Å²) < 4.78 is 34.7. The van der Waals surface area contributed by atoms with Crippen molar-refractivity contribution in [3.63, 3.8) is 0 Å². The van der Waals surface area contributed by atoms with Crippen LogP contribution >= 0.6 is 11.6 Å². The molecule has 0 saturated heterocycles. The van der Waals surface area contributed by atoms with Crippen molar-refractivity contribution < 1.29 is 18.3 Å². The number of esters is 1. The SMILES string of the molecule is CCOC(=O)c1cn(C2CC2)c2c(F)c(Cl)c(F)c(N)c2c1=O. The van der Waals surface area contributed by atoms with E-state index in [2.05, 4.69) is 0 Å². The number of fused-ring (bicyclic) bond motifs is 1. The summed E-state index contributed by atoms with van der Waals surface area (Å²) in [6.07, 6.45) is 2.72. The zero-order valence-corrected chi connectivity index (χ0v) is 12.9. The van der Waals surface area contributed by atoms with Crippen molar-refractivity contribution in [2.75, 3.05) is 12.3 Å². The summed E-state index contributed by atoms with van der Waals surface area (Å²) in [5.74, 6) is -3.13. The van der Waals surface area contributed by atoms with Crippen LogP contribution in [-0.4, -0.2) is 17.1 Å². The van der Waals surface area contributed by atoms with E-state index < -0.39 is 33.7 Å². The van der Waals surface area contributed by atoms with Gasteiger partial charge in [0.25, 0.3) is 0 Å². The minimum absolute atomic E-state index is 0.0680. The average molecular weight is 343 g/mol. The van der Waals surface area contributed by atoms with Gasteiger partial charge in [-0.05, 0) is 19.8 Å². The van der Waals surface area contributed by atoms with Crippen molar-refractivity contribution in [2.24, 2.45) is 0 Å². The molecule has 0 aliphatic heterocycles. The zero-order chi connectivity index (χ0) is 16.9. The average Bonchev–Trinajstić information content (AvgIpc) is 3.35. The second kappa shape index (κ2) is 5.49. The number of anilines is 1. The highest BCUT2D eigenvalue weighted by Crippen LogP contribution is 2.40. The molecule has 23 heavy (non-hydrogen) atoms. The lowest BCUT2D eigenvalue weighted by Crippen LogP contribution is -2.22. The van der Waals surface area contributed by atoms with Gasteiger partial charge >= 0.3 is 5.97 Å². The van der Waals surface area contributed by atoms with Crippen molar-refractivity contribution in [3.8, 4) is 0 Å². The first-order valence-corrected chi connectivity index (χ1v) is 7.44. The van der Waals surface area contributed by atoms with Crippen LogP contribution < -0.4 is 11.2 Å². The van der Waals surface area contributed by atoms with Crippen molar-refractivity contribution >= 4 is 34.2 Å². The highest BCUT2D eigenvalue weighted by molar-refractivity contribution is 6.32. The summed E-state index contributed by atoms with van der Waals surface area (Å²) in [5, 5.41) is -1.16. The van der Waals surface area contributed by atoms with E-state index in [9.17, 15) is 18.4 Å². The molecule has 2 N–H and O–H groups in total. The van der Waals surface area contributed by atoms with Gasteiger partial charge in [-0.3, -0.25) is 4.79 Å². The third-order valence-corrected chi connectivity index (χ3v) is 4.10. The number of hydrogen-bond donors (Lipinski definition) is 1. The third kappa shape index (κ3) is 2.35. The first-order chi connectivity index (χ1) is 10.9. The molecule has 3 rings (SSSR count). The number of ether oxygens (including phenoxy) is 1. The molecule has 1 aliphatic carbocycles. The van der Waals surface area contributed by atoms with E-state index in [0.29, 0.717) is 0 Å². The monoisotopic (exact) mass is 342 g/mol. The van der Waals surface area contributed by atoms with Gasteiger partial charge in [0.1, 0.15) is 10.6 Å². The number of carbonyl (C=O) groups is 1. The van der Waals surface area contributed by atoms with E-state index in [0.717, 1.165) is 12.8 Å². The highest BCUT2D eigenvalue weighted by atomic mass is 35.5. The van der Waals surface area contributed by atoms with Gasteiger partial charge in [0.15, 0.2) is 11.6 Å². The van der Waals surface area contributed by atoms with Crippen LogP contribution in [0.2, 0.25) is 5.02 Å². The van der Waals surface area contributed by atoms with Crippen molar-refractivity contribution in [1.29, 1.82) is 0 Å². The quantitative estimate of drug-likeness (QED) is 0.528. The van der Waals surface area contributed by atoms with Crippen molar-refractivity contribution in [2.45, 2.75) is 25.8 Å². The molecule has 1 heterocycles. The summed E-state index contributed by atoms with van der Waals surface area (Å²) in [6.45, 7) is 1.66. The van der Waals surface area contributed by atoms with Gasteiger partial charge in [0, 0.05) is 12.2 Å². The number of aromatic nitrogens is 1. The molecule has 0 spiro atoms. The molecular weight excluding hydrogens is 330 g/mol. The van der Waals surface area contributed by atoms with Gasteiger partial charge in [0.05, 0.1) is 23.2 Å². The maximum Gasteiger partial charge on any atom is 0.343 e. The van der Waals surface area contributed by atoms with Crippen LogP contribution in [0.4, 0.5) is 14.5 Å². The summed E-state index contributed by atoms with van der Waals surface area (Å²) in [5.41, 5.74) is 3.69. The number of nitrogens with two attached hydrogens (primary N) is 1. The summed E-state index contributed by atoms with van der Waals surface area (Å²) >= 11 is 5.63. The number of nitrogen functional groups attached to an aromatic ring is 1. The lowest BCUT2D eigenvalue weighted by molar-refractivity contribution is 0.0524. The van der Waals surface area contributed by atoms with Crippen LogP contribution in [-0.2, 0) is 4.74 Å². The molecule has 1 saturated carbocycles. The summed E-state index contributed by atoms with van der Waals surface area (Å²) in [4.78, 5) is 24.5. The number of hydrogen-bond acceptors (Lipinski definition) is 4. The molecule has 0 amide bonds. The molecule has 1 aromatic heterocycles. The van der Waals surface area contributed by atoms with Crippen LogP contribution in [0.25, 0.3) is 10.9 Å².